The number of aryl methyl sites for hydroxylation is 1. The molecule has 4 heterocycles. The number of carbonyl (C=O) groups excluding carboxylic acids is 1. The quantitative estimate of drug-likeness (QED) is 0.817. The molecule has 2 aromatic rings. The van der Waals surface area contributed by atoms with Crippen LogP contribution in [-0.4, -0.2) is 44.9 Å². The predicted octanol–water partition coefficient (Wildman–Crippen LogP) is 3.08. The lowest BCUT2D eigenvalue weighted by Crippen LogP contribution is -2.42. The second-order valence-corrected chi connectivity index (χ2v) is 9.19. The molecular formula is C21H28N4OS. The van der Waals surface area contributed by atoms with Gasteiger partial charge in [-0.05, 0) is 68.5 Å². The minimum Gasteiger partial charge on any atom is -0.337 e. The normalized spacial score (nSPS) is 22.7. The van der Waals surface area contributed by atoms with Crippen molar-refractivity contribution in [3.63, 3.8) is 0 Å². The number of rotatable bonds is 3. The van der Waals surface area contributed by atoms with Crippen molar-refractivity contribution in [2.24, 2.45) is 7.05 Å². The van der Waals surface area contributed by atoms with Gasteiger partial charge >= 0.3 is 0 Å². The summed E-state index contributed by atoms with van der Waals surface area (Å²) < 4.78 is 2.33. The van der Waals surface area contributed by atoms with Crippen molar-refractivity contribution in [1.29, 1.82) is 0 Å². The van der Waals surface area contributed by atoms with Gasteiger partial charge < -0.3 is 9.47 Å². The van der Waals surface area contributed by atoms with Crippen LogP contribution in [0.25, 0.3) is 0 Å². The third kappa shape index (κ3) is 3.13. The van der Waals surface area contributed by atoms with Gasteiger partial charge in [0.2, 0.25) is 5.91 Å². The average Bonchev–Trinajstić information content (AvgIpc) is 3.40. The van der Waals surface area contributed by atoms with E-state index in [0.717, 1.165) is 51.7 Å². The second-order valence-electron chi connectivity index (χ2n) is 8.19. The summed E-state index contributed by atoms with van der Waals surface area (Å²) in [5, 5.41) is 2.15. The Morgan fingerprint density at radius 2 is 2.11 bits per heavy atom. The predicted molar refractivity (Wildman–Crippen MR) is 107 cm³/mol. The number of carbonyl (C=O) groups is 1. The van der Waals surface area contributed by atoms with Gasteiger partial charge in [-0.25, -0.2) is 4.98 Å². The van der Waals surface area contributed by atoms with Crippen LogP contribution in [0.2, 0.25) is 0 Å². The fourth-order valence-electron chi connectivity index (χ4n) is 5.05. The van der Waals surface area contributed by atoms with Crippen LogP contribution in [0.15, 0.2) is 11.4 Å². The lowest BCUT2D eigenvalue weighted by atomic mass is 10.0. The summed E-state index contributed by atoms with van der Waals surface area (Å²) in [5.41, 5.74) is 4.07. The summed E-state index contributed by atoms with van der Waals surface area (Å²) in [7, 11) is 2.17. The van der Waals surface area contributed by atoms with Crippen LogP contribution < -0.4 is 0 Å². The molecule has 0 radical (unpaired) electrons. The molecule has 1 amide bonds. The van der Waals surface area contributed by atoms with Gasteiger partial charge in [0, 0.05) is 30.7 Å². The maximum atomic E-state index is 13.0. The molecule has 144 valence electrons. The molecule has 5 rings (SSSR count). The first-order valence-corrected chi connectivity index (χ1v) is 11.2. The Labute approximate surface area is 165 Å². The minimum atomic E-state index is 0.276. The number of likely N-dealkylation sites (tertiary alicyclic amines) is 1. The Morgan fingerprint density at radius 3 is 3.00 bits per heavy atom. The summed E-state index contributed by atoms with van der Waals surface area (Å²) in [6, 6.07) is 2.47. The highest BCUT2D eigenvalue weighted by Gasteiger charge is 2.34. The molecule has 0 saturated carbocycles. The van der Waals surface area contributed by atoms with E-state index in [1.54, 1.807) is 0 Å². The number of hydrogen-bond acceptors (Lipinski definition) is 4. The van der Waals surface area contributed by atoms with Gasteiger partial charge in [0.15, 0.2) is 0 Å². The van der Waals surface area contributed by atoms with Gasteiger partial charge in [-0.3, -0.25) is 9.69 Å². The smallest absolute Gasteiger partial charge is 0.237 e. The van der Waals surface area contributed by atoms with Crippen LogP contribution >= 0.6 is 11.3 Å². The molecule has 0 aromatic carbocycles. The number of hydrogen-bond donors (Lipinski definition) is 0. The highest BCUT2D eigenvalue weighted by molar-refractivity contribution is 7.10. The number of nitrogens with zero attached hydrogens (tertiary/aromatic N) is 4. The first kappa shape index (κ1) is 17.4. The van der Waals surface area contributed by atoms with E-state index >= 15 is 0 Å². The van der Waals surface area contributed by atoms with Crippen molar-refractivity contribution in [3.05, 3.63) is 39.1 Å². The van der Waals surface area contributed by atoms with Crippen molar-refractivity contribution in [2.45, 2.75) is 57.5 Å². The van der Waals surface area contributed by atoms with Crippen molar-refractivity contribution >= 4 is 17.2 Å². The monoisotopic (exact) mass is 384 g/mol. The molecule has 0 bridgehead atoms. The molecule has 6 heteroatoms. The Bertz CT molecular complexity index is 854. The molecule has 1 atom stereocenters. The lowest BCUT2D eigenvalue weighted by molar-refractivity contribution is -0.133. The highest BCUT2D eigenvalue weighted by atomic mass is 32.1. The van der Waals surface area contributed by atoms with E-state index in [-0.39, 0.29) is 5.91 Å². The molecule has 1 aliphatic carbocycles. The molecular weight excluding hydrogens is 356 g/mol. The molecule has 0 N–H and O–H groups in total. The Hall–Kier alpha value is -1.66. The van der Waals surface area contributed by atoms with E-state index in [4.69, 9.17) is 4.98 Å². The average molecular weight is 385 g/mol. The van der Waals surface area contributed by atoms with Gasteiger partial charge in [0.25, 0.3) is 0 Å². The number of imidazole rings is 1. The molecule has 3 aliphatic rings. The standard InChI is InChI=1S/C21H28N4OS/c1-23-17-6-3-2-5-16(17)22-21(23)18-7-4-10-24(18)14-20(26)25-11-8-19-15(13-25)9-12-27-19/h9,12,18H,2-8,10-11,13-14H2,1H3/t18-/m1/s1. The number of thiophene rings is 1. The van der Waals surface area contributed by atoms with Crippen LogP contribution in [-0.2, 0) is 37.6 Å². The molecule has 0 unspecified atom stereocenters. The van der Waals surface area contributed by atoms with Crippen molar-refractivity contribution in [3.8, 4) is 0 Å². The van der Waals surface area contributed by atoms with Gasteiger partial charge in [-0.15, -0.1) is 11.3 Å². The largest absolute Gasteiger partial charge is 0.337 e. The van der Waals surface area contributed by atoms with E-state index in [9.17, 15) is 4.79 Å². The fraction of sp³-hybridized carbons (Fsp3) is 0.619. The first-order valence-electron chi connectivity index (χ1n) is 10.3. The molecule has 0 spiro atoms. The number of amides is 1. The molecule has 1 fully saturated rings. The van der Waals surface area contributed by atoms with Crippen LogP contribution in [0, 0.1) is 0 Å². The lowest BCUT2D eigenvalue weighted by Gasteiger charge is -2.30. The summed E-state index contributed by atoms with van der Waals surface area (Å²) in [6.45, 7) is 3.18. The van der Waals surface area contributed by atoms with E-state index in [1.165, 1.54) is 40.5 Å². The molecule has 5 nitrogen and oxygen atoms in total. The molecule has 2 aromatic heterocycles. The first-order chi connectivity index (χ1) is 13.2. The Morgan fingerprint density at radius 1 is 1.22 bits per heavy atom. The van der Waals surface area contributed by atoms with Crippen LogP contribution in [0.1, 0.15) is 59.4 Å². The second kappa shape index (κ2) is 7.06. The van der Waals surface area contributed by atoms with E-state index in [2.05, 4.69) is 28.0 Å². The fourth-order valence-corrected chi connectivity index (χ4v) is 5.94. The third-order valence-corrected chi connectivity index (χ3v) is 7.59. The summed E-state index contributed by atoms with van der Waals surface area (Å²) in [6.07, 6.45) is 8.09. The van der Waals surface area contributed by atoms with E-state index in [1.807, 2.05) is 16.2 Å². The zero-order chi connectivity index (χ0) is 18.4. The zero-order valence-electron chi connectivity index (χ0n) is 16.1. The van der Waals surface area contributed by atoms with Gasteiger partial charge in [0.05, 0.1) is 18.3 Å². The van der Waals surface area contributed by atoms with Crippen molar-refractivity contribution in [1.82, 2.24) is 19.4 Å². The minimum absolute atomic E-state index is 0.276. The van der Waals surface area contributed by atoms with Crippen LogP contribution in [0.3, 0.4) is 0 Å². The topological polar surface area (TPSA) is 41.4 Å². The van der Waals surface area contributed by atoms with Gasteiger partial charge in [-0.1, -0.05) is 0 Å². The summed E-state index contributed by atoms with van der Waals surface area (Å²) >= 11 is 1.82. The molecule has 27 heavy (non-hydrogen) atoms. The maximum absolute atomic E-state index is 13.0. The molecule has 1 saturated heterocycles. The number of aromatic nitrogens is 2. The zero-order valence-corrected chi connectivity index (χ0v) is 16.9. The Kier molecular flexibility index (Phi) is 4.56. The van der Waals surface area contributed by atoms with Crippen molar-refractivity contribution < 1.29 is 4.79 Å². The summed E-state index contributed by atoms with van der Waals surface area (Å²) in [5.74, 6) is 1.46. The number of fused-ring (bicyclic) bond motifs is 2. The Balaban J connectivity index is 1.31. The van der Waals surface area contributed by atoms with E-state index in [0.29, 0.717) is 12.6 Å². The maximum Gasteiger partial charge on any atom is 0.237 e. The third-order valence-electron chi connectivity index (χ3n) is 6.57. The molecule has 2 aliphatic heterocycles. The van der Waals surface area contributed by atoms with Crippen LogP contribution in [0.4, 0.5) is 0 Å². The van der Waals surface area contributed by atoms with Gasteiger partial charge in [-0.2, -0.15) is 0 Å². The SMILES string of the molecule is Cn1c([C@H]2CCCN2CC(=O)N2CCc3sccc3C2)nc2c1CCCC2. The highest BCUT2D eigenvalue weighted by Crippen LogP contribution is 2.34. The van der Waals surface area contributed by atoms with Gasteiger partial charge in [0.1, 0.15) is 5.82 Å². The van der Waals surface area contributed by atoms with Crippen molar-refractivity contribution in [2.75, 3.05) is 19.6 Å². The van der Waals surface area contributed by atoms with Crippen LogP contribution in [0.5, 0.6) is 0 Å². The van der Waals surface area contributed by atoms with E-state index < -0.39 is 0 Å². The summed E-state index contributed by atoms with van der Waals surface area (Å²) in [4.78, 5) is 23.9.